The molecule has 1 heterocycles. The molecule has 0 atom stereocenters. The summed E-state index contributed by atoms with van der Waals surface area (Å²) >= 11 is 2.19. The van der Waals surface area contributed by atoms with E-state index in [2.05, 4.69) is 32.9 Å². The number of aromatic hydroxyl groups is 1. The summed E-state index contributed by atoms with van der Waals surface area (Å²) in [6, 6.07) is 8.86. The third kappa shape index (κ3) is 2.94. The first-order valence-corrected chi connectivity index (χ1v) is 5.94. The highest BCUT2D eigenvalue weighted by Crippen LogP contribution is 2.17. The average Bonchev–Trinajstić information content (AvgIpc) is 2.32. The molecule has 0 saturated carbocycles. The topological polar surface area (TPSA) is 62.2 Å². The van der Waals surface area contributed by atoms with Gasteiger partial charge < -0.3 is 10.4 Å². The number of rotatable bonds is 2. The van der Waals surface area contributed by atoms with Crippen molar-refractivity contribution in [3.05, 3.63) is 51.9 Å². The van der Waals surface area contributed by atoms with E-state index in [9.17, 15) is 9.90 Å². The fraction of sp³-hybridized carbons (Fsp3) is 0. The summed E-state index contributed by atoms with van der Waals surface area (Å²) in [4.78, 5) is 15.5. The third-order valence-electron chi connectivity index (χ3n) is 2.15. The highest BCUT2D eigenvalue weighted by Gasteiger charge is 2.10. The summed E-state index contributed by atoms with van der Waals surface area (Å²) in [6.45, 7) is 0. The van der Waals surface area contributed by atoms with Crippen LogP contribution < -0.4 is 5.32 Å². The van der Waals surface area contributed by atoms with E-state index in [1.807, 2.05) is 12.1 Å². The molecule has 0 fully saturated rings. The van der Waals surface area contributed by atoms with Gasteiger partial charge in [-0.15, -0.1) is 0 Å². The summed E-state index contributed by atoms with van der Waals surface area (Å²) in [5.41, 5.74) is 0.894. The average molecular weight is 340 g/mol. The predicted molar refractivity (Wildman–Crippen MR) is 73.0 cm³/mol. The molecule has 1 amide bonds. The van der Waals surface area contributed by atoms with Crippen LogP contribution in [0.15, 0.2) is 42.7 Å². The van der Waals surface area contributed by atoms with E-state index in [-0.39, 0.29) is 17.2 Å². The molecule has 0 aliphatic rings. The van der Waals surface area contributed by atoms with Gasteiger partial charge in [0.1, 0.15) is 5.75 Å². The number of benzene rings is 1. The van der Waals surface area contributed by atoms with E-state index in [4.69, 9.17) is 0 Å². The highest BCUT2D eigenvalue weighted by atomic mass is 127. The van der Waals surface area contributed by atoms with Crippen molar-refractivity contribution in [1.82, 2.24) is 4.98 Å². The van der Waals surface area contributed by atoms with Crippen LogP contribution in [-0.4, -0.2) is 16.0 Å². The van der Waals surface area contributed by atoms with Gasteiger partial charge in [0.2, 0.25) is 0 Å². The van der Waals surface area contributed by atoms with Crippen molar-refractivity contribution in [3.8, 4) is 5.75 Å². The van der Waals surface area contributed by atoms with Gasteiger partial charge in [0, 0.05) is 15.5 Å². The molecule has 17 heavy (non-hydrogen) atoms. The number of pyridine rings is 1. The van der Waals surface area contributed by atoms with Gasteiger partial charge in [-0.05, 0) is 52.9 Å². The molecule has 2 aromatic rings. The van der Waals surface area contributed by atoms with Gasteiger partial charge in [0.05, 0.1) is 11.8 Å². The van der Waals surface area contributed by atoms with Gasteiger partial charge in [-0.1, -0.05) is 0 Å². The standard InChI is InChI=1S/C12H9IN2O2/c13-8-1-3-9(4-2-8)15-12(17)10-5-6-14-7-11(10)16/h1-7,16H,(H,15,17). The molecule has 2 N–H and O–H groups in total. The molecule has 0 saturated heterocycles. The Balaban J connectivity index is 2.17. The van der Waals surface area contributed by atoms with E-state index in [0.29, 0.717) is 5.69 Å². The van der Waals surface area contributed by atoms with E-state index < -0.39 is 0 Å². The lowest BCUT2D eigenvalue weighted by atomic mass is 10.2. The molecule has 0 radical (unpaired) electrons. The maximum absolute atomic E-state index is 11.8. The van der Waals surface area contributed by atoms with Crippen LogP contribution in [0.5, 0.6) is 5.75 Å². The lowest BCUT2D eigenvalue weighted by molar-refractivity contribution is 0.102. The predicted octanol–water partition coefficient (Wildman–Crippen LogP) is 2.64. The molecule has 86 valence electrons. The number of hydrogen-bond acceptors (Lipinski definition) is 3. The molecular formula is C12H9IN2O2. The molecule has 0 bridgehead atoms. The number of aromatic nitrogens is 1. The lowest BCUT2D eigenvalue weighted by Crippen LogP contribution is -2.12. The highest BCUT2D eigenvalue weighted by molar-refractivity contribution is 14.1. The minimum atomic E-state index is -0.355. The maximum Gasteiger partial charge on any atom is 0.259 e. The van der Waals surface area contributed by atoms with Crippen molar-refractivity contribution in [2.24, 2.45) is 0 Å². The molecule has 2 rings (SSSR count). The van der Waals surface area contributed by atoms with Gasteiger partial charge in [-0.3, -0.25) is 9.78 Å². The first-order valence-electron chi connectivity index (χ1n) is 4.87. The Hall–Kier alpha value is -1.63. The number of anilines is 1. The molecule has 5 heteroatoms. The van der Waals surface area contributed by atoms with Crippen molar-refractivity contribution < 1.29 is 9.90 Å². The fourth-order valence-corrected chi connectivity index (χ4v) is 1.67. The van der Waals surface area contributed by atoms with E-state index in [1.165, 1.54) is 18.5 Å². The lowest BCUT2D eigenvalue weighted by Gasteiger charge is -2.06. The molecule has 1 aromatic carbocycles. The van der Waals surface area contributed by atoms with Gasteiger partial charge in [-0.2, -0.15) is 0 Å². The Morgan fingerprint density at radius 1 is 1.24 bits per heavy atom. The van der Waals surface area contributed by atoms with Crippen LogP contribution in [0.1, 0.15) is 10.4 Å². The van der Waals surface area contributed by atoms with E-state index >= 15 is 0 Å². The Morgan fingerprint density at radius 2 is 1.94 bits per heavy atom. The monoisotopic (exact) mass is 340 g/mol. The first kappa shape index (κ1) is 11.8. The molecular weight excluding hydrogens is 331 g/mol. The first-order chi connectivity index (χ1) is 8.16. The molecule has 0 aliphatic heterocycles. The molecule has 0 aliphatic carbocycles. The third-order valence-corrected chi connectivity index (χ3v) is 2.87. The minimum absolute atomic E-state index is 0.129. The van der Waals surface area contributed by atoms with Crippen molar-refractivity contribution >= 4 is 34.2 Å². The number of halogens is 1. The van der Waals surface area contributed by atoms with Crippen LogP contribution >= 0.6 is 22.6 Å². The summed E-state index contributed by atoms with van der Waals surface area (Å²) in [6.07, 6.45) is 2.70. The molecule has 0 unspecified atom stereocenters. The molecule has 4 nitrogen and oxygen atoms in total. The van der Waals surface area contributed by atoms with Crippen molar-refractivity contribution in [1.29, 1.82) is 0 Å². The number of carbonyl (C=O) groups excluding carboxylic acids is 1. The smallest absolute Gasteiger partial charge is 0.259 e. The van der Waals surface area contributed by atoms with Crippen molar-refractivity contribution in [2.45, 2.75) is 0 Å². The Kier molecular flexibility index (Phi) is 3.58. The number of nitrogens with zero attached hydrogens (tertiary/aromatic N) is 1. The summed E-state index contributed by atoms with van der Waals surface area (Å²) in [7, 11) is 0. The van der Waals surface area contributed by atoms with Crippen LogP contribution in [0.2, 0.25) is 0 Å². The number of hydrogen-bond donors (Lipinski definition) is 2. The second kappa shape index (κ2) is 5.13. The normalized spacial score (nSPS) is 9.94. The molecule has 0 spiro atoms. The van der Waals surface area contributed by atoms with Crippen LogP contribution in [0, 0.1) is 3.57 Å². The number of carbonyl (C=O) groups is 1. The summed E-state index contributed by atoms with van der Waals surface area (Å²) in [5.74, 6) is -0.485. The zero-order valence-corrected chi connectivity index (χ0v) is 10.9. The zero-order valence-electron chi connectivity index (χ0n) is 8.72. The maximum atomic E-state index is 11.8. The SMILES string of the molecule is O=C(Nc1ccc(I)cc1)c1ccncc1O. The van der Waals surface area contributed by atoms with Crippen molar-refractivity contribution in [2.75, 3.05) is 5.32 Å². The largest absolute Gasteiger partial charge is 0.505 e. The Morgan fingerprint density at radius 3 is 2.59 bits per heavy atom. The van der Waals surface area contributed by atoms with Crippen molar-refractivity contribution in [3.63, 3.8) is 0 Å². The second-order valence-electron chi connectivity index (χ2n) is 3.35. The second-order valence-corrected chi connectivity index (χ2v) is 4.60. The van der Waals surface area contributed by atoms with E-state index in [0.717, 1.165) is 3.57 Å². The van der Waals surface area contributed by atoms with Gasteiger partial charge in [0.25, 0.3) is 5.91 Å². The summed E-state index contributed by atoms with van der Waals surface area (Å²) < 4.78 is 1.09. The van der Waals surface area contributed by atoms with Crippen LogP contribution in [-0.2, 0) is 0 Å². The van der Waals surface area contributed by atoms with Crippen LogP contribution in [0.3, 0.4) is 0 Å². The van der Waals surface area contributed by atoms with Gasteiger partial charge in [0.15, 0.2) is 0 Å². The Bertz CT molecular complexity index is 540. The minimum Gasteiger partial charge on any atom is -0.505 e. The van der Waals surface area contributed by atoms with E-state index in [1.54, 1.807) is 12.1 Å². The quantitative estimate of drug-likeness (QED) is 0.827. The molecule has 1 aromatic heterocycles. The van der Waals surface area contributed by atoms with Gasteiger partial charge >= 0.3 is 0 Å². The van der Waals surface area contributed by atoms with Crippen LogP contribution in [0.4, 0.5) is 5.69 Å². The number of nitrogens with one attached hydrogen (secondary N) is 1. The summed E-state index contributed by atoms with van der Waals surface area (Å²) in [5, 5.41) is 12.2. The fourth-order valence-electron chi connectivity index (χ4n) is 1.31. The zero-order chi connectivity index (χ0) is 12.3. The Labute approximate surface area is 112 Å². The number of amides is 1. The van der Waals surface area contributed by atoms with Gasteiger partial charge in [-0.25, -0.2) is 0 Å². The van der Waals surface area contributed by atoms with Crippen LogP contribution in [0.25, 0.3) is 0 Å².